The monoisotopic (exact) mass is 267 g/mol. The molecule has 0 fully saturated rings. The number of thioether (sulfide) groups is 1. The number of hydrogen-bond acceptors (Lipinski definition) is 3. The van der Waals surface area contributed by atoms with E-state index in [1.807, 2.05) is 37.3 Å². The lowest BCUT2D eigenvalue weighted by Crippen LogP contribution is -2.45. The van der Waals surface area contributed by atoms with Gasteiger partial charge in [0.15, 0.2) is 0 Å². The molecule has 2 atom stereocenters. The Bertz CT molecular complexity index is 408. The van der Waals surface area contributed by atoms with Gasteiger partial charge in [0.25, 0.3) is 0 Å². The number of carbonyl (C=O) groups is 2. The molecule has 2 N–H and O–H groups in total. The van der Waals surface area contributed by atoms with Gasteiger partial charge < -0.3 is 10.4 Å². The van der Waals surface area contributed by atoms with E-state index in [2.05, 4.69) is 5.32 Å². The molecule has 0 unspecified atom stereocenters. The Morgan fingerprint density at radius 1 is 1.33 bits per heavy atom. The smallest absolute Gasteiger partial charge is 0.327 e. The summed E-state index contributed by atoms with van der Waals surface area (Å²) < 4.78 is 0. The highest BCUT2D eigenvalue weighted by atomic mass is 32.2. The van der Waals surface area contributed by atoms with E-state index >= 15 is 0 Å². The van der Waals surface area contributed by atoms with Gasteiger partial charge in [-0.25, -0.2) is 4.79 Å². The molecule has 0 aliphatic carbocycles. The van der Waals surface area contributed by atoms with Gasteiger partial charge in [-0.3, -0.25) is 4.79 Å². The maximum absolute atomic E-state index is 11.1. The molecule has 0 saturated carbocycles. The van der Waals surface area contributed by atoms with Crippen molar-refractivity contribution in [2.75, 3.05) is 0 Å². The number of nitrogens with one attached hydrogen (secondary N) is 1. The molecule has 0 saturated heterocycles. The molecular weight excluding hydrogens is 250 g/mol. The predicted octanol–water partition coefficient (Wildman–Crippen LogP) is 1.90. The number of carboxylic acid groups (broad SMARTS) is 1. The number of carbonyl (C=O) groups excluding carboxylic acids is 1. The van der Waals surface area contributed by atoms with Crippen LogP contribution in [0, 0.1) is 0 Å². The van der Waals surface area contributed by atoms with Gasteiger partial charge in [0, 0.05) is 17.9 Å². The molecule has 5 heteroatoms. The zero-order chi connectivity index (χ0) is 13.5. The van der Waals surface area contributed by atoms with Crippen LogP contribution < -0.4 is 5.32 Å². The van der Waals surface area contributed by atoms with E-state index in [9.17, 15) is 9.59 Å². The summed E-state index contributed by atoms with van der Waals surface area (Å²) in [6.07, 6.45) is 0. The summed E-state index contributed by atoms with van der Waals surface area (Å²) in [5, 5.41) is 11.3. The molecule has 0 aliphatic rings. The van der Waals surface area contributed by atoms with Gasteiger partial charge in [-0.1, -0.05) is 37.3 Å². The molecule has 0 spiro atoms. The third-order valence-corrected chi connectivity index (χ3v) is 3.75. The van der Waals surface area contributed by atoms with Crippen LogP contribution in [-0.4, -0.2) is 28.3 Å². The molecule has 0 bridgehead atoms. The summed E-state index contributed by atoms with van der Waals surface area (Å²) in [5.74, 6) is -0.599. The lowest BCUT2D eigenvalue weighted by molar-refractivity contribution is -0.141. The highest BCUT2D eigenvalue weighted by molar-refractivity contribution is 7.99. The van der Waals surface area contributed by atoms with Crippen molar-refractivity contribution < 1.29 is 14.7 Å². The van der Waals surface area contributed by atoms with Gasteiger partial charge >= 0.3 is 5.97 Å². The van der Waals surface area contributed by atoms with E-state index in [4.69, 9.17) is 5.11 Å². The van der Waals surface area contributed by atoms with Crippen molar-refractivity contribution in [3.63, 3.8) is 0 Å². The Labute approximate surface area is 111 Å². The summed E-state index contributed by atoms with van der Waals surface area (Å²) in [6.45, 7) is 3.13. The molecule has 1 aromatic carbocycles. The topological polar surface area (TPSA) is 66.4 Å². The van der Waals surface area contributed by atoms with Crippen LogP contribution in [0.4, 0.5) is 0 Å². The first-order valence-electron chi connectivity index (χ1n) is 5.66. The highest BCUT2D eigenvalue weighted by Gasteiger charge is 2.25. The first-order chi connectivity index (χ1) is 8.50. The van der Waals surface area contributed by atoms with Gasteiger partial charge in [0.2, 0.25) is 5.91 Å². The van der Waals surface area contributed by atoms with Crippen molar-refractivity contribution in [3.05, 3.63) is 35.9 Å². The summed E-state index contributed by atoms with van der Waals surface area (Å²) in [4.78, 5) is 22.0. The minimum absolute atomic E-state index is 0.188. The van der Waals surface area contributed by atoms with E-state index in [0.717, 1.165) is 11.3 Å². The van der Waals surface area contributed by atoms with Crippen molar-refractivity contribution in [3.8, 4) is 0 Å². The molecule has 0 heterocycles. The summed E-state index contributed by atoms with van der Waals surface area (Å²) >= 11 is 1.51. The standard InChI is InChI=1S/C13H17NO3S/c1-9(12(13(16)17)14-10(2)15)18-8-11-6-4-3-5-7-11/h3-7,9,12H,8H2,1-2H3,(H,14,15)(H,16,17)/t9-,12+/m1/s1. The SMILES string of the molecule is CC(=O)N[C@H](C(=O)O)[C@@H](C)SCc1ccccc1. The Morgan fingerprint density at radius 2 is 1.94 bits per heavy atom. The van der Waals surface area contributed by atoms with Crippen LogP contribution in [0.1, 0.15) is 19.4 Å². The van der Waals surface area contributed by atoms with Crippen LogP contribution in [0.25, 0.3) is 0 Å². The van der Waals surface area contributed by atoms with Gasteiger partial charge in [-0.15, -0.1) is 0 Å². The van der Waals surface area contributed by atoms with E-state index in [1.165, 1.54) is 18.7 Å². The fourth-order valence-corrected chi connectivity index (χ4v) is 2.52. The molecule has 1 amide bonds. The fraction of sp³-hybridized carbons (Fsp3) is 0.385. The quantitative estimate of drug-likeness (QED) is 0.826. The normalized spacial score (nSPS) is 13.7. The van der Waals surface area contributed by atoms with Crippen LogP contribution in [0.3, 0.4) is 0 Å². The van der Waals surface area contributed by atoms with Crippen LogP contribution in [-0.2, 0) is 15.3 Å². The average Bonchev–Trinajstić information content (AvgIpc) is 2.34. The lowest BCUT2D eigenvalue weighted by Gasteiger charge is -2.20. The molecule has 0 radical (unpaired) electrons. The van der Waals surface area contributed by atoms with Crippen molar-refractivity contribution in [2.45, 2.75) is 30.9 Å². The Balaban J connectivity index is 2.54. The van der Waals surface area contributed by atoms with Crippen LogP contribution in [0.5, 0.6) is 0 Å². The average molecular weight is 267 g/mol. The molecule has 1 aromatic rings. The predicted molar refractivity (Wildman–Crippen MR) is 72.4 cm³/mol. The Kier molecular flexibility index (Phi) is 5.71. The zero-order valence-corrected chi connectivity index (χ0v) is 11.2. The molecule has 1 rings (SSSR count). The lowest BCUT2D eigenvalue weighted by atomic mass is 10.2. The first-order valence-corrected chi connectivity index (χ1v) is 6.71. The highest BCUT2D eigenvalue weighted by Crippen LogP contribution is 2.20. The third-order valence-electron chi connectivity index (χ3n) is 2.45. The number of aliphatic carboxylic acids is 1. The molecular formula is C13H17NO3S. The second-order valence-electron chi connectivity index (χ2n) is 4.02. The first kappa shape index (κ1) is 14.6. The van der Waals surface area contributed by atoms with E-state index in [1.54, 1.807) is 0 Å². The van der Waals surface area contributed by atoms with E-state index < -0.39 is 12.0 Å². The van der Waals surface area contributed by atoms with E-state index in [0.29, 0.717) is 0 Å². The van der Waals surface area contributed by atoms with E-state index in [-0.39, 0.29) is 11.2 Å². The third kappa shape index (κ3) is 4.79. The number of amides is 1. The second kappa shape index (κ2) is 7.06. The number of carboxylic acids is 1. The maximum Gasteiger partial charge on any atom is 0.327 e. The minimum Gasteiger partial charge on any atom is -0.480 e. The number of benzene rings is 1. The molecule has 0 aliphatic heterocycles. The van der Waals surface area contributed by atoms with Gasteiger partial charge in [-0.05, 0) is 5.56 Å². The summed E-state index contributed by atoms with van der Waals surface area (Å²) in [7, 11) is 0. The maximum atomic E-state index is 11.1. The molecule has 4 nitrogen and oxygen atoms in total. The molecule has 0 aromatic heterocycles. The van der Waals surface area contributed by atoms with Crippen molar-refractivity contribution >= 4 is 23.6 Å². The molecule has 18 heavy (non-hydrogen) atoms. The Hall–Kier alpha value is -1.49. The minimum atomic E-state index is -1.00. The summed E-state index contributed by atoms with van der Waals surface area (Å²) in [6, 6.07) is 8.97. The van der Waals surface area contributed by atoms with Crippen LogP contribution in [0.15, 0.2) is 30.3 Å². The van der Waals surface area contributed by atoms with Crippen LogP contribution >= 0.6 is 11.8 Å². The van der Waals surface area contributed by atoms with Gasteiger partial charge in [-0.2, -0.15) is 11.8 Å². The van der Waals surface area contributed by atoms with Gasteiger partial charge in [0.05, 0.1) is 0 Å². The van der Waals surface area contributed by atoms with Crippen molar-refractivity contribution in [1.82, 2.24) is 5.32 Å². The zero-order valence-electron chi connectivity index (χ0n) is 10.4. The molecule has 98 valence electrons. The van der Waals surface area contributed by atoms with Crippen molar-refractivity contribution in [2.24, 2.45) is 0 Å². The van der Waals surface area contributed by atoms with Crippen molar-refractivity contribution in [1.29, 1.82) is 0 Å². The Morgan fingerprint density at radius 3 is 2.44 bits per heavy atom. The number of rotatable bonds is 6. The summed E-state index contributed by atoms with van der Waals surface area (Å²) in [5.41, 5.74) is 1.14. The van der Waals surface area contributed by atoms with Crippen LogP contribution in [0.2, 0.25) is 0 Å². The largest absolute Gasteiger partial charge is 0.480 e. The second-order valence-corrected chi connectivity index (χ2v) is 5.38. The van der Waals surface area contributed by atoms with Gasteiger partial charge in [0.1, 0.15) is 6.04 Å². The fourth-order valence-electron chi connectivity index (χ4n) is 1.50. The number of hydrogen-bond donors (Lipinski definition) is 2.